The number of amides is 1. The predicted octanol–water partition coefficient (Wildman–Crippen LogP) is 3.90. The monoisotopic (exact) mass is 437 g/mol. The molecule has 0 saturated carbocycles. The zero-order valence-corrected chi connectivity index (χ0v) is 19.2. The van der Waals surface area contributed by atoms with Crippen LogP contribution in [-0.4, -0.2) is 44.9 Å². The van der Waals surface area contributed by atoms with Crippen molar-refractivity contribution in [2.24, 2.45) is 0 Å². The van der Waals surface area contributed by atoms with Crippen LogP contribution in [0.5, 0.6) is 0 Å². The zero-order chi connectivity index (χ0) is 21.8. The van der Waals surface area contributed by atoms with E-state index in [0.717, 1.165) is 32.1 Å². The van der Waals surface area contributed by atoms with Gasteiger partial charge in [0.05, 0.1) is 0 Å². The van der Waals surface area contributed by atoms with Crippen molar-refractivity contribution in [3.63, 3.8) is 0 Å². The van der Waals surface area contributed by atoms with Gasteiger partial charge in [0.15, 0.2) is 0 Å². The molecule has 1 amide bonds. The Bertz CT molecular complexity index is 414. The molecule has 8 heteroatoms. The molecule has 7 nitrogen and oxygen atoms in total. The van der Waals surface area contributed by atoms with E-state index in [4.69, 9.17) is 19.8 Å². The molecule has 0 unspecified atom stereocenters. The van der Waals surface area contributed by atoms with Crippen molar-refractivity contribution >= 4 is 14.1 Å². The van der Waals surface area contributed by atoms with Crippen LogP contribution < -0.4 is 5.32 Å². The van der Waals surface area contributed by atoms with Crippen molar-refractivity contribution in [1.82, 2.24) is 5.32 Å². The Labute approximate surface area is 177 Å². The van der Waals surface area contributed by atoms with Crippen LogP contribution in [0.4, 0.5) is 0 Å². The normalized spacial score (nSPS) is 13.7. The summed E-state index contributed by atoms with van der Waals surface area (Å²) in [6.07, 6.45) is 20.5. The molecule has 0 aliphatic heterocycles. The second-order valence-corrected chi connectivity index (χ2v) is 9.10. The van der Waals surface area contributed by atoms with Crippen LogP contribution >= 0.6 is 8.17 Å². The van der Waals surface area contributed by atoms with Crippen LogP contribution in [0, 0.1) is 0 Å². The van der Waals surface area contributed by atoms with Gasteiger partial charge in [-0.05, 0) is 12.8 Å². The minimum atomic E-state index is -4.62. The van der Waals surface area contributed by atoms with Gasteiger partial charge in [-0.3, -0.25) is 0 Å². The molecule has 0 radical (unpaired) electrons. The number of carbonyl (C=O) groups excluding carboxylic acids is 1. The van der Waals surface area contributed by atoms with E-state index in [1.807, 2.05) is 0 Å². The molecule has 174 valence electrons. The Morgan fingerprint density at radius 3 is 1.93 bits per heavy atom. The van der Waals surface area contributed by atoms with E-state index in [2.05, 4.69) is 28.9 Å². The average Bonchev–Trinajstić information content (AvgIpc) is 2.67. The van der Waals surface area contributed by atoms with Crippen molar-refractivity contribution in [3.05, 3.63) is 12.2 Å². The fraction of sp³-hybridized carbons (Fsp3) is 0.857. The first-order chi connectivity index (χ1) is 13.9. The summed E-state index contributed by atoms with van der Waals surface area (Å²) in [4.78, 5) is 38.1. The Balaban J connectivity index is 3.48. The number of nitrogens with one attached hydrogen (secondary N) is 1. The summed E-state index contributed by atoms with van der Waals surface area (Å²) >= 11 is 0. The number of allylic oxidation sites excluding steroid dienone is 2. The van der Waals surface area contributed by atoms with Gasteiger partial charge in [-0.2, -0.15) is 0 Å². The van der Waals surface area contributed by atoms with E-state index in [-0.39, 0.29) is 12.5 Å². The van der Waals surface area contributed by atoms with Gasteiger partial charge >= 0.3 is 113 Å². The number of carbonyl (C=O) groups is 1. The van der Waals surface area contributed by atoms with Crippen molar-refractivity contribution in [1.29, 1.82) is 0 Å². The van der Waals surface area contributed by atoms with Gasteiger partial charge in [0, 0.05) is 0 Å². The fourth-order valence-electron chi connectivity index (χ4n) is 3.01. The standard InChI is InChI=1S/C21H44NO6P/c1-2-3-4-5-6-7-8-9-10-11-12-13-14-15-16-17-21(24)22-20(18-23)19-28-29(25,26)27/h9-10,20,23,25-27,29H,2-8,11-19H2,1H3,(H,22,24)/b10-9-/t20-/m0/s1. The molecule has 0 heterocycles. The molecule has 0 bridgehead atoms. The number of aliphatic hydroxyl groups is 1. The first kappa shape index (κ1) is 28.4. The van der Waals surface area contributed by atoms with Crippen LogP contribution in [-0.2, 0) is 9.32 Å². The molecule has 0 rings (SSSR count). The maximum atomic E-state index is 11.8. The molecule has 0 aromatic heterocycles. The number of unbranched alkanes of at least 4 members (excludes halogenated alkanes) is 11. The summed E-state index contributed by atoms with van der Waals surface area (Å²) in [5.41, 5.74) is 0. The molecule has 29 heavy (non-hydrogen) atoms. The van der Waals surface area contributed by atoms with Gasteiger partial charge in [0.1, 0.15) is 0 Å². The molecule has 0 aromatic rings. The summed E-state index contributed by atoms with van der Waals surface area (Å²) in [6.45, 7) is 1.50. The van der Waals surface area contributed by atoms with E-state index in [9.17, 15) is 4.79 Å². The van der Waals surface area contributed by atoms with Crippen molar-refractivity contribution in [2.45, 2.75) is 103 Å². The van der Waals surface area contributed by atoms with Crippen LogP contribution in [0.3, 0.4) is 0 Å². The second-order valence-electron chi connectivity index (χ2n) is 7.67. The third-order valence-corrected chi connectivity index (χ3v) is 5.28. The van der Waals surface area contributed by atoms with Crippen LogP contribution in [0.25, 0.3) is 0 Å². The Hall–Kier alpha value is -0.560. The van der Waals surface area contributed by atoms with E-state index in [0.29, 0.717) is 6.42 Å². The molecule has 0 spiro atoms. The predicted molar refractivity (Wildman–Crippen MR) is 119 cm³/mol. The first-order valence-electron chi connectivity index (χ1n) is 11.2. The molecular weight excluding hydrogens is 393 g/mol. The number of rotatable bonds is 20. The third kappa shape index (κ3) is 22.0. The molecular formula is C21H44NO6P. The van der Waals surface area contributed by atoms with Crippen LogP contribution in [0.1, 0.15) is 96.8 Å². The van der Waals surface area contributed by atoms with Crippen LogP contribution in [0.2, 0.25) is 0 Å². The summed E-state index contributed by atoms with van der Waals surface area (Å²) in [5, 5.41) is 11.7. The number of aliphatic hydroxyl groups excluding tert-OH is 1. The Morgan fingerprint density at radius 2 is 1.41 bits per heavy atom. The molecule has 0 fully saturated rings. The molecule has 0 aliphatic carbocycles. The molecule has 5 N–H and O–H groups in total. The molecule has 0 saturated heterocycles. The van der Waals surface area contributed by atoms with Gasteiger partial charge < -0.3 is 0 Å². The Morgan fingerprint density at radius 1 is 0.897 bits per heavy atom. The third-order valence-electron chi connectivity index (χ3n) is 4.73. The average molecular weight is 438 g/mol. The fourth-order valence-corrected chi connectivity index (χ4v) is 3.43. The van der Waals surface area contributed by atoms with Crippen LogP contribution in [0.15, 0.2) is 12.2 Å². The summed E-state index contributed by atoms with van der Waals surface area (Å²) < 4.78 is 4.44. The van der Waals surface area contributed by atoms with E-state index in [1.165, 1.54) is 51.4 Å². The summed E-state index contributed by atoms with van der Waals surface area (Å²) in [7, 11) is -4.62. The zero-order valence-electron chi connectivity index (χ0n) is 18.2. The van der Waals surface area contributed by atoms with Crippen molar-refractivity contribution < 1.29 is 29.1 Å². The minimum absolute atomic E-state index is 0.216. The quantitative estimate of drug-likeness (QED) is 0.112. The SMILES string of the molecule is CCCCCCCC/C=C\CCCCCCCC(=O)N[C@@H](CO)CO[PH](O)(O)O. The second kappa shape index (κ2) is 19.4. The summed E-state index contributed by atoms with van der Waals surface area (Å²) in [5.74, 6) is -0.216. The molecule has 0 aliphatic rings. The van der Waals surface area contributed by atoms with E-state index < -0.39 is 20.8 Å². The maximum absolute atomic E-state index is 11.8. The number of hydrogen-bond acceptors (Lipinski definition) is 6. The molecule has 0 aromatic carbocycles. The van der Waals surface area contributed by atoms with Gasteiger partial charge in [-0.25, -0.2) is 0 Å². The number of hydrogen-bond donors (Lipinski definition) is 5. The summed E-state index contributed by atoms with van der Waals surface area (Å²) in [6, 6.07) is -0.760. The van der Waals surface area contributed by atoms with Gasteiger partial charge in [0.25, 0.3) is 0 Å². The van der Waals surface area contributed by atoms with Gasteiger partial charge in [0.2, 0.25) is 0 Å². The van der Waals surface area contributed by atoms with Gasteiger partial charge in [-0.1, -0.05) is 51.2 Å². The molecule has 1 atom stereocenters. The van der Waals surface area contributed by atoms with Crippen molar-refractivity contribution in [3.8, 4) is 0 Å². The van der Waals surface area contributed by atoms with E-state index in [1.54, 1.807) is 0 Å². The first-order valence-corrected chi connectivity index (χ1v) is 13.0. The van der Waals surface area contributed by atoms with Crippen molar-refractivity contribution in [2.75, 3.05) is 13.2 Å². The van der Waals surface area contributed by atoms with Gasteiger partial charge in [-0.15, -0.1) is 0 Å². The topological polar surface area (TPSA) is 119 Å². The Kier molecular flexibility index (Phi) is 19.0. The van der Waals surface area contributed by atoms with E-state index >= 15 is 0 Å².